The summed E-state index contributed by atoms with van der Waals surface area (Å²) in [6.07, 6.45) is 3.88. The number of unbranched alkanes of at least 4 members (excludes halogenated alkanes) is 1. The number of H-pyrrole nitrogens is 1. The fourth-order valence-electron chi connectivity index (χ4n) is 11.4. The van der Waals surface area contributed by atoms with E-state index < -0.39 is 96.3 Å². The first-order chi connectivity index (χ1) is 40.3. The summed E-state index contributed by atoms with van der Waals surface area (Å²) in [4.78, 5) is 140. The highest BCUT2D eigenvalue weighted by Gasteiger charge is 2.46. The van der Waals surface area contributed by atoms with Crippen LogP contribution in [0.2, 0.25) is 5.02 Å². The normalized spacial score (nSPS) is 20.7. The van der Waals surface area contributed by atoms with E-state index in [0.29, 0.717) is 73.0 Å². The van der Waals surface area contributed by atoms with Crippen LogP contribution in [0.1, 0.15) is 148 Å². The molecule has 456 valence electrons. The van der Waals surface area contributed by atoms with Gasteiger partial charge >= 0.3 is 0 Å². The molecule has 3 fully saturated rings. The number of aryl methyl sites for hydroxylation is 2. The van der Waals surface area contributed by atoms with Gasteiger partial charge in [0.05, 0.1) is 39.3 Å². The Morgan fingerprint density at radius 3 is 2.36 bits per heavy atom. The Balaban J connectivity index is 0.833. The molecule has 0 aliphatic carbocycles. The van der Waals surface area contributed by atoms with Gasteiger partial charge in [0, 0.05) is 48.3 Å². The van der Waals surface area contributed by atoms with Gasteiger partial charge in [0.15, 0.2) is 0 Å². The molecule has 0 spiro atoms. The quantitative estimate of drug-likeness (QED) is 0.0280. The SMILES string of the molecule is Cc1ncsc1-c1ccc([C@H](C)NC(=O)[C@@H]2C[C@@H](O)CN2C(=O)[C@@H](NC(=O)CCCCc2cccc(OC[C@H](CCC(N)=O)NC(=O)[C@@H]3CC[C@@H]4CCCC[C@H](NC(=O)c5cc6cc(C(=O)P(=O)([O-])O)ccc6[nH]5)C(=O)N43)c2Cl)C(C)(C)C)cc1. The molecular formula is C60H74ClN9O13PS-. The van der Waals surface area contributed by atoms with E-state index in [9.17, 15) is 57.8 Å². The number of fused-ring (bicyclic) bond motifs is 2. The fraction of sp³-hybridized carbons (Fsp3) is 0.483. The summed E-state index contributed by atoms with van der Waals surface area (Å²) in [6, 6.07) is 13.1. The molecule has 8 rings (SSSR count). The number of primary amides is 1. The number of likely N-dealkylation sites (tertiary alicyclic amines) is 1. The number of hydrogen-bond donors (Lipinski definition) is 8. The number of aliphatic hydroxyl groups excluding tert-OH is 1. The van der Waals surface area contributed by atoms with E-state index in [1.165, 1.54) is 29.2 Å². The number of aromatic amines is 1. The van der Waals surface area contributed by atoms with Crippen LogP contribution < -0.4 is 36.6 Å². The first kappa shape index (κ1) is 64.0. The second-order valence-electron chi connectivity index (χ2n) is 23.5. The second-order valence-corrected chi connectivity index (χ2v) is 26.1. The van der Waals surface area contributed by atoms with Crippen molar-refractivity contribution in [3.8, 4) is 16.2 Å². The summed E-state index contributed by atoms with van der Waals surface area (Å²) >= 11 is 8.46. The van der Waals surface area contributed by atoms with Crippen LogP contribution >= 0.6 is 30.5 Å². The average Bonchev–Trinajstić information content (AvgIpc) is 3.66. The lowest BCUT2D eigenvalue weighted by atomic mass is 9.85. The number of aliphatic hydroxyl groups is 1. The second kappa shape index (κ2) is 27.6. The molecule has 9 atom stereocenters. The van der Waals surface area contributed by atoms with Crippen molar-refractivity contribution < 1.29 is 62.6 Å². The number of hydrogen-bond acceptors (Lipinski definition) is 14. The van der Waals surface area contributed by atoms with Crippen molar-refractivity contribution in [2.75, 3.05) is 13.2 Å². The minimum atomic E-state index is -5.30. The van der Waals surface area contributed by atoms with Crippen molar-refractivity contribution in [3.63, 3.8) is 0 Å². The third-order valence-corrected chi connectivity index (χ3v) is 18.2. The van der Waals surface area contributed by atoms with Crippen molar-refractivity contribution in [3.05, 3.63) is 105 Å². The molecule has 1 unspecified atom stereocenters. The minimum absolute atomic E-state index is 0.0347. The van der Waals surface area contributed by atoms with E-state index >= 15 is 0 Å². The number of carbonyl (C=O) groups is 8. The highest BCUT2D eigenvalue weighted by atomic mass is 35.5. The van der Waals surface area contributed by atoms with Gasteiger partial charge in [-0.2, -0.15) is 0 Å². The zero-order valence-electron chi connectivity index (χ0n) is 48.2. The van der Waals surface area contributed by atoms with Crippen LogP contribution in [0.25, 0.3) is 21.3 Å². The van der Waals surface area contributed by atoms with Gasteiger partial charge in [-0.1, -0.05) is 81.6 Å². The molecule has 9 N–H and O–H groups in total. The van der Waals surface area contributed by atoms with Gasteiger partial charge in [-0.3, -0.25) is 38.4 Å². The van der Waals surface area contributed by atoms with Crippen LogP contribution in [0.4, 0.5) is 0 Å². The first-order valence-electron chi connectivity index (χ1n) is 28.7. The number of nitrogens with one attached hydrogen (secondary N) is 5. The summed E-state index contributed by atoms with van der Waals surface area (Å²) in [6.45, 7) is 9.12. The number of ether oxygens (including phenoxy) is 1. The molecule has 85 heavy (non-hydrogen) atoms. The molecule has 3 aliphatic rings. The summed E-state index contributed by atoms with van der Waals surface area (Å²) in [5, 5.41) is 23.1. The van der Waals surface area contributed by atoms with E-state index in [0.717, 1.165) is 33.7 Å². The highest BCUT2D eigenvalue weighted by Crippen LogP contribution is 2.37. The predicted octanol–water partition coefficient (Wildman–Crippen LogP) is 5.88. The zero-order chi connectivity index (χ0) is 61.5. The first-order valence-corrected chi connectivity index (χ1v) is 31.5. The van der Waals surface area contributed by atoms with Gasteiger partial charge < -0.3 is 66.0 Å². The lowest BCUT2D eigenvalue weighted by Crippen LogP contribution is -2.57. The van der Waals surface area contributed by atoms with Gasteiger partial charge in [0.2, 0.25) is 48.6 Å². The van der Waals surface area contributed by atoms with Crippen LogP contribution in [-0.2, 0) is 39.8 Å². The van der Waals surface area contributed by atoms with Crippen molar-refractivity contribution in [1.29, 1.82) is 0 Å². The molecule has 22 nitrogen and oxygen atoms in total. The van der Waals surface area contributed by atoms with Crippen LogP contribution in [0, 0.1) is 12.3 Å². The van der Waals surface area contributed by atoms with Gasteiger partial charge in [0.25, 0.3) is 5.91 Å². The Labute approximate surface area is 501 Å². The Kier molecular flexibility index (Phi) is 20.8. The number of aromatic nitrogens is 2. The van der Waals surface area contributed by atoms with Crippen molar-refractivity contribution in [2.45, 2.75) is 166 Å². The van der Waals surface area contributed by atoms with E-state index in [-0.39, 0.29) is 62.0 Å². The maximum atomic E-state index is 14.4. The smallest absolute Gasteiger partial charge is 0.268 e. The molecule has 2 aromatic heterocycles. The maximum Gasteiger partial charge on any atom is 0.268 e. The van der Waals surface area contributed by atoms with E-state index in [4.69, 9.17) is 22.1 Å². The number of thiazole rings is 1. The molecule has 3 aromatic carbocycles. The number of carbonyl (C=O) groups excluding carboxylic acids is 8. The summed E-state index contributed by atoms with van der Waals surface area (Å²) < 4.78 is 17.7. The summed E-state index contributed by atoms with van der Waals surface area (Å²) in [5.74, 6) is -3.06. The molecule has 7 amide bonds. The number of halogens is 1. The van der Waals surface area contributed by atoms with Crippen LogP contribution in [0.3, 0.4) is 0 Å². The zero-order valence-corrected chi connectivity index (χ0v) is 50.7. The number of nitrogens with two attached hydrogens (primary N) is 1. The molecule has 5 aromatic rings. The Morgan fingerprint density at radius 2 is 1.67 bits per heavy atom. The van der Waals surface area contributed by atoms with Crippen LogP contribution in [-0.4, -0.2) is 132 Å². The van der Waals surface area contributed by atoms with E-state index in [1.807, 2.05) is 65.0 Å². The van der Waals surface area contributed by atoms with Crippen molar-refractivity contribution >= 4 is 88.3 Å². The fourth-order valence-corrected chi connectivity index (χ4v) is 13.0. The molecule has 5 heterocycles. The molecular weight excluding hydrogens is 1150 g/mol. The number of β-amino-alcohol motifs (C(OH)–C–C–N with tert-alkyl or cyclic N) is 1. The third-order valence-electron chi connectivity index (χ3n) is 16.0. The third kappa shape index (κ3) is 15.9. The molecule has 3 aliphatic heterocycles. The number of rotatable bonds is 23. The highest BCUT2D eigenvalue weighted by molar-refractivity contribution is 7.69. The number of amides is 7. The van der Waals surface area contributed by atoms with Crippen molar-refractivity contribution in [2.24, 2.45) is 11.1 Å². The Bertz CT molecular complexity index is 3360. The molecule has 0 saturated carbocycles. The maximum absolute atomic E-state index is 14.4. The Hall–Kier alpha value is -7.01. The van der Waals surface area contributed by atoms with Gasteiger partial charge in [0.1, 0.15) is 42.2 Å². The summed E-state index contributed by atoms with van der Waals surface area (Å²) in [7, 11) is -5.30. The monoisotopic (exact) mass is 1230 g/mol. The lowest BCUT2D eigenvalue weighted by molar-refractivity contribution is -0.189. The van der Waals surface area contributed by atoms with E-state index in [2.05, 4.69) is 31.2 Å². The summed E-state index contributed by atoms with van der Waals surface area (Å²) in [5.41, 5.74) is 8.83. The van der Waals surface area contributed by atoms with Gasteiger partial charge in [-0.25, -0.2) is 4.98 Å². The van der Waals surface area contributed by atoms with Crippen LogP contribution in [0.5, 0.6) is 5.75 Å². The molecule has 0 radical (unpaired) electrons. The van der Waals surface area contributed by atoms with Crippen LogP contribution in [0.15, 0.2) is 72.2 Å². The standard InChI is InChI=1S/C60H75ClN9O13PS/c1-33(35-17-19-37(20-18-35)52-34(2)63-32-85-52)64-56(76)47-29-42(71)30-69(47)58(78)53(60(3,4)5)68-50(73)16-9-6-11-36-12-10-15-48(51(36)61)83-31-40(22-26-49(62)72)65-55(75)46-25-23-41-13-7-8-14-44(57(77)70(41)46)67-54(74)45-28-39-27-38(21-24-43(39)66-45)59(79)84(80,81)82/h10,12,15,17-21,24,27-28,32-33,40-42,44,46-47,53,66,71H,6-9,11,13-14,16,22-23,25-26,29-31H2,1-5H3,(H2,62,72)(H,64,76)(H,65,75)(H,67,74)(H,68,73)(H2,80,81,82)/p-1/t33-,40-,41-,42+,44-,46-,47-,53+/m0/s1. The molecule has 3 saturated heterocycles. The minimum Gasteiger partial charge on any atom is -0.773 e. The molecule has 0 bridgehead atoms. The predicted molar refractivity (Wildman–Crippen MR) is 317 cm³/mol. The molecule has 25 heteroatoms. The number of nitrogens with zero attached hydrogens (tertiary/aromatic N) is 3. The topological polar surface area (TPSA) is 336 Å². The Morgan fingerprint density at radius 1 is 0.941 bits per heavy atom. The average molecular weight is 1230 g/mol. The van der Waals surface area contributed by atoms with Gasteiger partial charge in [-0.05, 0) is 118 Å². The van der Waals surface area contributed by atoms with Gasteiger partial charge in [-0.15, -0.1) is 11.3 Å². The number of benzene rings is 3. The largest absolute Gasteiger partial charge is 0.773 e. The van der Waals surface area contributed by atoms with Crippen molar-refractivity contribution in [1.82, 2.24) is 41.0 Å². The van der Waals surface area contributed by atoms with E-state index in [1.54, 1.807) is 33.9 Å². The lowest BCUT2D eigenvalue weighted by Gasteiger charge is -2.35.